The highest BCUT2D eigenvalue weighted by molar-refractivity contribution is 7.90. The van der Waals surface area contributed by atoms with Gasteiger partial charge in [0.1, 0.15) is 24.0 Å². The molecule has 0 radical (unpaired) electrons. The lowest BCUT2D eigenvalue weighted by Gasteiger charge is -2.56. The van der Waals surface area contributed by atoms with Crippen molar-refractivity contribution < 1.29 is 37.1 Å². The Labute approximate surface area is 430 Å². The number of fused-ring (bicyclic) bond motifs is 6. The van der Waals surface area contributed by atoms with E-state index in [0.29, 0.717) is 80.4 Å². The molecule has 6 fully saturated rings. The van der Waals surface area contributed by atoms with Gasteiger partial charge in [-0.3, -0.25) is 24.7 Å². The normalized spacial score (nSPS) is 26.6. The van der Waals surface area contributed by atoms with E-state index in [-0.39, 0.29) is 53.2 Å². The smallest absolute Gasteiger partial charge is 0.297 e. The molecule has 5 aromatic rings. The van der Waals surface area contributed by atoms with Crippen LogP contribution in [-0.4, -0.2) is 135 Å². The lowest BCUT2D eigenvalue weighted by atomic mass is 9.59. The van der Waals surface area contributed by atoms with Crippen molar-refractivity contribution in [3.05, 3.63) is 106 Å². The molecule has 388 valence electrons. The predicted octanol–water partition coefficient (Wildman–Crippen LogP) is 7.79. The monoisotopic (exact) mass is 1030 g/mol. The average Bonchev–Trinajstić information content (AvgIpc) is 4.23. The Hall–Kier alpha value is -6.25. The van der Waals surface area contributed by atoms with Crippen molar-refractivity contribution in [1.82, 2.24) is 24.5 Å². The van der Waals surface area contributed by atoms with Gasteiger partial charge in [-0.15, -0.1) is 0 Å². The molecule has 0 unspecified atom stereocenters. The van der Waals surface area contributed by atoms with Gasteiger partial charge in [0.15, 0.2) is 11.4 Å². The molecule has 3 aromatic carbocycles. The Morgan fingerprint density at radius 2 is 1.82 bits per heavy atom. The van der Waals surface area contributed by atoms with E-state index in [1.54, 1.807) is 6.07 Å². The van der Waals surface area contributed by atoms with Crippen molar-refractivity contribution in [1.29, 1.82) is 0 Å². The Morgan fingerprint density at radius 1 is 0.973 bits per heavy atom. The van der Waals surface area contributed by atoms with Gasteiger partial charge in [-0.05, 0) is 112 Å². The Morgan fingerprint density at radius 3 is 2.62 bits per heavy atom. The number of sulfonamides is 1. The maximum Gasteiger partial charge on any atom is 0.297 e. The molecule has 18 nitrogen and oxygen atoms in total. The van der Waals surface area contributed by atoms with E-state index in [2.05, 4.69) is 72.4 Å². The minimum atomic E-state index is -4.69. The van der Waals surface area contributed by atoms with Crippen molar-refractivity contribution in [3.8, 4) is 11.6 Å². The fourth-order valence-corrected chi connectivity index (χ4v) is 14.6. The molecule has 2 aromatic heterocycles. The van der Waals surface area contributed by atoms with Crippen LogP contribution >= 0.6 is 0 Å². The first-order valence-corrected chi connectivity index (χ1v) is 27.9. The first-order chi connectivity index (χ1) is 35.8. The molecular formula is C55H63N9O9S. The standard InChI is InChI=1S/C55H63N9O9S/c1-33(2)42-6-3-4-7-43(42)45-8-5-16-62(45)39-25-55(26-39)13-17-60(18-14-55)37-9-10-44(46(22-37)63-27-35-12-19-70-32-50(35)73-54-48(63)20-34-11-15-56-52(34)58-54)53(65)59-74(68,69)41-23-47(64(66)67)51-49(24-41)72-30-36(57-51)28-61-29-40-21-38(61)31-71-40/h3-4,6-7,9-11,15,20,22-24,35-36,38-40,45,50,57H,1,5,8,12-14,16-19,21,25-32H2,2H3,(H,56,58)(H,59,65)/t35-,36+,38+,40+,45+,50-/m1/s1. The second-order valence-corrected chi connectivity index (χ2v) is 23.8. The molecule has 19 heteroatoms. The fraction of sp³-hybridized carbons (Fsp3) is 0.491. The molecule has 2 bridgehead atoms. The summed E-state index contributed by atoms with van der Waals surface area (Å²) in [5.74, 6) is -0.482. The van der Waals surface area contributed by atoms with E-state index in [0.717, 1.165) is 68.2 Å². The maximum atomic E-state index is 14.8. The number of hydrogen-bond donors (Lipinski definition) is 3. The minimum Gasteiger partial charge on any atom is -0.489 e. The predicted molar refractivity (Wildman–Crippen MR) is 280 cm³/mol. The number of carbonyl (C=O) groups excluding carboxylic acids is 1. The molecular weight excluding hydrogens is 963 g/mol. The third-order valence-electron chi connectivity index (χ3n) is 17.5. The van der Waals surface area contributed by atoms with Crippen LogP contribution in [0, 0.1) is 21.4 Å². The van der Waals surface area contributed by atoms with Gasteiger partial charge in [-0.1, -0.05) is 36.4 Å². The quantitative estimate of drug-likeness (QED) is 0.0856. The van der Waals surface area contributed by atoms with Crippen molar-refractivity contribution in [2.75, 3.05) is 80.8 Å². The fourth-order valence-electron chi connectivity index (χ4n) is 13.6. The van der Waals surface area contributed by atoms with Gasteiger partial charge in [0.25, 0.3) is 21.6 Å². The van der Waals surface area contributed by atoms with E-state index in [9.17, 15) is 23.3 Å². The largest absolute Gasteiger partial charge is 0.489 e. The van der Waals surface area contributed by atoms with Crippen LogP contribution in [-0.2, 0) is 19.5 Å². The van der Waals surface area contributed by atoms with Gasteiger partial charge in [0, 0.05) is 92.8 Å². The number of aromatic nitrogens is 2. The molecule has 1 aliphatic carbocycles. The van der Waals surface area contributed by atoms with E-state index in [4.69, 9.17) is 23.9 Å². The van der Waals surface area contributed by atoms with Gasteiger partial charge in [-0.2, -0.15) is 4.98 Å². The minimum absolute atomic E-state index is 0.00535. The van der Waals surface area contributed by atoms with Gasteiger partial charge < -0.3 is 39.0 Å². The Balaban J connectivity index is 0.786. The van der Waals surface area contributed by atoms with Crippen molar-refractivity contribution in [2.45, 2.75) is 99.6 Å². The first kappa shape index (κ1) is 47.5. The summed E-state index contributed by atoms with van der Waals surface area (Å²) in [4.78, 5) is 44.0. The van der Waals surface area contributed by atoms with Gasteiger partial charge in [-0.25, -0.2) is 13.1 Å². The zero-order chi connectivity index (χ0) is 50.5. The van der Waals surface area contributed by atoms with Crippen molar-refractivity contribution in [3.63, 3.8) is 0 Å². The van der Waals surface area contributed by atoms with Crippen LogP contribution < -0.4 is 29.3 Å². The zero-order valence-corrected chi connectivity index (χ0v) is 42.5. The molecule has 1 amide bonds. The second kappa shape index (κ2) is 18.5. The number of nitro benzene ring substituents is 1. The number of ether oxygens (including phenoxy) is 4. The Bertz CT molecular complexity index is 3170. The van der Waals surface area contributed by atoms with Crippen molar-refractivity contribution >= 4 is 61.0 Å². The van der Waals surface area contributed by atoms with Crippen LogP contribution in [0.5, 0.6) is 11.6 Å². The number of hydrogen-bond acceptors (Lipinski definition) is 15. The number of piperidine rings is 1. The molecule has 13 rings (SSSR count). The number of nitrogens with zero attached hydrogens (tertiary/aromatic N) is 6. The molecule has 1 spiro atoms. The highest BCUT2D eigenvalue weighted by Crippen LogP contribution is 2.55. The number of pyridine rings is 1. The molecule has 9 heterocycles. The number of nitro groups is 1. The van der Waals surface area contributed by atoms with Crippen LogP contribution in [0.4, 0.5) is 28.4 Å². The number of anilines is 4. The summed E-state index contributed by atoms with van der Waals surface area (Å²) < 4.78 is 55.5. The summed E-state index contributed by atoms with van der Waals surface area (Å²) in [5.41, 5.74) is 6.52. The maximum absolute atomic E-state index is 14.8. The molecule has 5 saturated heterocycles. The summed E-state index contributed by atoms with van der Waals surface area (Å²) in [6.45, 7) is 12.8. The second-order valence-electron chi connectivity index (χ2n) is 22.1. The van der Waals surface area contributed by atoms with Crippen LogP contribution in [0.25, 0.3) is 16.6 Å². The highest BCUT2D eigenvalue weighted by atomic mass is 32.2. The number of likely N-dealkylation sites (tertiary alicyclic amines) is 2. The third-order valence-corrected chi connectivity index (χ3v) is 18.8. The number of rotatable bonds is 11. The average molecular weight is 1030 g/mol. The number of nitrogens with one attached hydrogen (secondary N) is 3. The lowest BCUT2D eigenvalue weighted by molar-refractivity contribution is -0.384. The summed E-state index contributed by atoms with van der Waals surface area (Å²) in [7, 11) is -4.69. The van der Waals surface area contributed by atoms with Crippen LogP contribution in [0.2, 0.25) is 0 Å². The summed E-state index contributed by atoms with van der Waals surface area (Å²) >= 11 is 0. The third kappa shape index (κ3) is 8.53. The molecule has 3 N–H and O–H groups in total. The van der Waals surface area contributed by atoms with E-state index < -0.39 is 31.4 Å². The van der Waals surface area contributed by atoms with Gasteiger partial charge >= 0.3 is 0 Å². The number of amides is 1. The molecule has 6 atom stereocenters. The molecule has 8 aliphatic rings. The zero-order valence-electron chi connectivity index (χ0n) is 41.7. The SMILES string of the molecule is C=C(C)c1ccccc1[C@@H]1CCCN1C1CC2(CCN(c3ccc(C(=O)NS(=O)(=O)c4cc5c(c([N+](=O)[O-])c4)N[C@@H](CN4C[C@@H]6C[C@H]4CO6)CO5)c(N4C[C@H]5CCOC[C@H]5Oc5nc6[nH]ccc6cc54)c3)CC2)C1. The Kier molecular flexibility index (Phi) is 11.9. The molecule has 7 aliphatic heterocycles. The first-order valence-electron chi connectivity index (χ1n) is 26.4. The van der Waals surface area contributed by atoms with Gasteiger partial charge in [0.2, 0.25) is 5.88 Å². The number of aromatic amines is 1. The van der Waals surface area contributed by atoms with Crippen molar-refractivity contribution in [2.24, 2.45) is 11.3 Å². The number of allylic oxidation sites excluding steroid dienone is 1. The number of morpholine rings is 1. The number of carbonyl (C=O) groups is 1. The highest BCUT2D eigenvalue weighted by Gasteiger charge is 2.50. The summed E-state index contributed by atoms with van der Waals surface area (Å²) in [6, 6.07) is 21.5. The molecule has 74 heavy (non-hydrogen) atoms. The summed E-state index contributed by atoms with van der Waals surface area (Å²) in [6.07, 6.45) is 10.2. The molecule has 1 saturated carbocycles. The van der Waals surface area contributed by atoms with E-state index in [1.807, 2.05) is 30.5 Å². The topological polar surface area (TPSA) is 197 Å². The van der Waals surface area contributed by atoms with Crippen LogP contribution in [0.15, 0.2) is 84.4 Å². The van der Waals surface area contributed by atoms with Crippen LogP contribution in [0.3, 0.4) is 0 Å². The van der Waals surface area contributed by atoms with E-state index >= 15 is 0 Å². The lowest BCUT2D eigenvalue weighted by Crippen LogP contribution is -2.55. The van der Waals surface area contributed by atoms with Crippen LogP contribution in [0.1, 0.15) is 85.8 Å². The van der Waals surface area contributed by atoms with E-state index in [1.165, 1.54) is 42.9 Å². The number of H-pyrrole nitrogens is 1. The summed E-state index contributed by atoms with van der Waals surface area (Å²) in [5, 5.41) is 16.7. The van der Waals surface area contributed by atoms with Gasteiger partial charge in [0.05, 0.1) is 46.4 Å². The number of benzene rings is 3.